The predicted octanol–water partition coefficient (Wildman–Crippen LogP) is 3.44. The van der Waals surface area contributed by atoms with Gasteiger partial charge in [-0.15, -0.1) is 0 Å². The Balaban J connectivity index is 2.28. The molecule has 8 heteroatoms. The summed E-state index contributed by atoms with van der Waals surface area (Å²) in [7, 11) is 0. The third kappa shape index (κ3) is 3.62. The van der Waals surface area contributed by atoms with Crippen LogP contribution in [0, 0.1) is 24.0 Å². The first-order valence-corrected chi connectivity index (χ1v) is 7.96. The third-order valence-electron chi connectivity index (χ3n) is 4.22. The molecule has 0 fully saturated rings. The van der Waals surface area contributed by atoms with Crippen molar-refractivity contribution in [1.29, 1.82) is 0 Å². The smallest absolute Gasteiger partial charge is 0.309 e. The Morgan fingerprint density at radius 1 is 1.32 bits per heavy atom. The maximum absolute atomic E-state index is 12.6. The van der Waals surface area contributed by atoms with Gasteiger partial charge in [-0.05, 0) is 49.9 Å². The second-order valence-electron chi connectivity index (χ2n) is 6.36. The summed E-state index contributed by atoms with van der Waals surface area (Å²) in [5, 5.41) is 27.7. The van der Waals surface area contributed by atoms with Crippen molar-refractivity contribution in [2.45, 2.75) is 46.6 Å². The molecule has 0 aliphatic heterocycles. The van der Waals surface area contributed by atoms with Gasteiger partial charge in [0.05, 0.1) is 4.92 Å². The van der Waals surface area contributed by atoms with Crippen LogP contribution in [0.25, 0.3) is 0 Å². The monoisotopic (exact) mass is 346 g/mol. The van der Waals surface area contributed by atoms with E-state index < -0.39 is 11.0 Å². The molecule has 1 unspecified atom stereocenters. The standard InChI is InChI=1S/C17H22N4O4/c1-9(2)13-7-14(10(3)6-16(13)22)19-17(23)12(5)20-11(4)15(8-18-20)21(24)25/h6-9,12,22H,1-5H3,(H,19,23). The minimum atomic E-state index is -0.718. The minimum Gasteiger partial charge on any atom is -0.508 e. The van der Waals surface area contributed by atoms with Gasteiger partial charge in [0.25, 0.3) is 0 Å². The SMILES string of the molecule is Cc1cc(O)c(C(C)C)cc1NC(=O)C(C)n1ncc([N+](=O)[O-])c1C. The van der Waals surface area contributed by atoms with Crippen molar-refractivity contribution < 1.29 is 14.8 Å². The molecule has 25 heavy (non-hydrogen) atoms. The number of hydrogen-bond donors (Lipinski definition) is 2. The average Bonchev–Trinajstić information content (AvgIpc) is 2.90. The molecular formula is C17H22N4O4. The molecule has 0 aliphatic rings. The lowest BCUT2D eigenvalue weighted by molar-refractivity contribution is -0.385. The Morgan fingerprint density at radius 3 is 2.48 bits per heavy atom. The Bertz CT molecular complexity index is 826. The quantitative estimate of drug-likeness (QED) is 0.489. The van der Waals surface area contributed by atoms with Crippen LogP contribution in [0.5, 0.6) is 5.75 Å². The van der Waals surface area contributed by atoms with Crippen LogP contribution in [0.15, 0.2) is 18.3 Å². The number of anilines is 1. The summed E-state index contributed by atoms with van der Waals surface area (Å²) >= 11 is 0. The van der Waals surface area contributed by atoms with Crippen molar-refractivity contribution in [3.8, 4) is 5.75 Å². The molecule has 1 heterocycles. The van der Waals surface area contributed by atoms with E-state index in [1.807, 2.05) is 13.8 Å². The molecule has 8 nitrogen and oxygen atoms in total. The maximum Gasteiger partial charge on any atom is 0.309 e. The summed E-state index contributed by atoms with van der Waals surface area (Å²) in [5.41, 5.74) is 2.25. The molecule has 0 saturated heterocycles. The molecule has 0 bridgehead atoms. The zero-order chi connectivity index (χ0) is 18.9. The highest BCUT2D eigenvalue weighted by atomic mass is 16.6. The van der Waals surface area contributed by atoms with Gasteiger partial charge in [-0.25, -0.2) is 0 Å². The number of rotatable bonds is 5. The summed E-state index contributed by atoms with van der Waals surface area (Å²) in [6, 6.07) is 2.64. The molecular weight excluding hydrogens is 324 g/mol. The van der Waals surface area contributed by atoms with E-state index in [4.69, 9.17) is 0 Å². The molecule has 0 radical (unpaired) electrons. The Morgan fingerprint density at radius 2 is 1.96 bits per heavy atom. The van der Waals surface area contributed by atoms with Crippen LogP contribution in [0.2, 0.25) is 0 Å². The minimum absolute atomic E-state index is 0.102. The molecule has 1 aromatic heterocycles. The van der Waals surface area contributed by atoms with E-state index in [9.17, 15) is 20.0 Å². The summed E-state index contributed by atoms with van der Waals surface area (Å²) in [4.78, 5) is 23.0. The van der Waals surface area contributed by atoms with Gasteiger partial charge in [0.2, 0.25) is 5.91 Å². The summed E-state index contributed by atoms with van der Waals surface area (Å²) in [6.45, 7) is 8.86. The lowest BCUT2D eigenvalue weighted by Gasteiger charge is -2.17. The molecule has 1 aromatic carbocycles. The van der Waals surface area contributed by atoms with Gasteiger partial charge >= 0.3 is 5.69 Å². The van der Waals surface area contributed by atoms with Crippen molar-refractivity contribution in [3.05, 3.63) is 45.3 Å². The number of aromatic hydroxyl groups is 1. The van der Waals surface area contributed by atoms with Crippen molar-refractivity contribution in [2.24, 2.45) is 0 Å². The van der Waals surface area contributed by atoms with Crippen LogP contribution in [-0.4, -0.2) is 25.7 Å². The fourth-order valence-corrected chi connectivity index (χ4v) is 2.64. The first-order valence-electron chi connectivity index (χ1n) is 7.96. The van der Waals surface area contributed by atoms with E-state index in [2.05, 4.69) is 10.4 Å². The molecule has 2 N–H and O–H groups in total. The van der Waals surface area contributed by atoms with Gasteiger partial charge in [-0.1, -0.05) is 13.8 Å². The second-order valence-corrected chi connectivity index (χ2v) is 6.36. The highest BCUT2D eigenvalue weighted by Gasteiger charge is 2.24. The maximum atomic E-state index is 12.6. The fraction of sp³-hybridized carbons (Fsp3) is 0.412. The van der Waals surface area contributed by atoms with E-state index in [0.717, 1.165) is 17.3 Å². The van der Waals surface area contributed by atoms with Crippen molar-refractivity contribution in [2.75, 3.05) is 5.32 Å². The molecule has 1 atom stereocenters. The van der Waals surface area contributed by atoms with Crippen LogP contribution in [0.1, 0.15) is 49.6 Å². The summed E-state index contributed by atoms with van der Waals surface area (Å²) in [6.07, 6.45) is 1.14. The van der Waals surface area contributed by atoms with Crippen LogP contribution >= 0.6 is 0 Å². The van der Waals surface area contributed by atoms with Gasteiger partial charge in [0.1, 0.15) is 23.7 Å². The van der Waals surface area contributed by atoms with Gasteiger partial charge in [-0.2, -0.15) is 5.10 Å². The Kier molecular flexibility index (Phi) is 5.10. The number of nitrogens with zero attached hydrogens (tertiary/aromatic N) is 3. The largest absolute Gasteiger partial charge is 0.508 e. The summed E-state index contributed by atoms with van der Waals surface area (Å²) in [5.74, 6) is -0.0497. The molecule has 0 saturated carbocycles. The first kappa shape index (κ1) is 18.4. The number of amides is 1. The number of carbonyl (C=O) groups excluding carboxylic acids is 1. The Labute approximate surface area is 145 Å². The van der Waals surface area contributed by atoms with E-state index >= 15 is 0 Å². The molecule has 2 rings (SSSR count). The zero-order valence-corrected chi connectivity index (χ0v) is 14.9. The highest BCUT2D eigenvalue weighted by molar-refractivity contribution is 5.94. The van der Waals surface area contributed by atoms with Crippen LogP contribution in [0.3, 0.4) is 0 Å². The van der Waals surface area contributed by atoms with E-state index in [1.165, 1.54) is 4.68 Å². The molecule has 1 amide bonds. The van der Waals surface area contributed by atoms with Gasteiger partial charge in [-0.3, -0.25) is 19.6 Å². The number of aryl methyl sites for hydroxylation is 1. The summed E-state index contributed by atoms with van der Waals surface area (Å²) < 4.78 is 1.33. The van der Waals surface area contributed by atoms with Crippen molar-refractivity contribution in [3.63, 3.8) is 0 Å². The van der Waals surface area contributed by atoms with Gasteiger partial charge < -0.3 is 10.4 Å². The normalized spacial score (nSPS) is 12.2. The van der Waals surface area contributed by atoms with Crippen LogP contribution in [0.4, 0.5) is 11.4 Å². The van der Waals surface area contributed by atoms with Gasteiger partial charge in [0, 0.05) is 5.69 Å². The lowest BCUT2D eigenvalue weighted by Crippen LogP contribution is -2.25. The lowest BCUT2D eigenvalue weighted by atomic mass is 9.99. The number of nitro groups is 1. The number of carbonyl (C=O) groups is 1. The topological polar surface area (TPSA) is 110 Å². The third-order valence-corrected chi connectivity index (χ3v) is 4.22. The molecule has 134 valence electrons. The number of hydrogen-bond acceptors (Lipinski definition) is 5. The Hall–Kier alpha value is -2.90. The predicted molar refractivity (Wildman–Crippen MR) is 93.9 cm³/mol. The number of phenols is 1. The molecule has 2 aromatic rings. The number of nitrogens with one attached hydrogen (secondary N) is 1. The molecule has 0 aliphatic carbocycles. The van der Waals surface area contributed by atoms with Crippen molar-refractivity contribution >= 4 is 17.3 Å². The fourth-order valence-electron chi connectivity index (χ4n) is 2.64. The van der Waals surface area contributed by atoms with Crippen molar-refractivity contribution in [1.82, 2.24) is 9.78 Å². The van der Waals surface area contributed by atoms with E-state index in [1.54, 1.807) is 32.9 Å². The average molecular weight is 346 g/mol. The van der Waals surface area contributed by atoms with Gasteiger partial charge in [0.15, 0.2) is 0 Å². The highest BCUT2D eigenvalue weighted by Crippen LogP contribution is 2.31. The molecule has 0 spiro atoms. The van der Waals surface area contributed by atoms with E-state index in [0.29, 0.717) is 11.4 Å². The van der Waals surface area contributed by atoms with E-state index in [-0.39, 0.29) is 23.3 Å². The van der Waals surface area contributed by atoms with Crippen LogP contribution in [-0.2, 0) is 4.79 Å². The second kappa shape index (κ2) is 6.92. The van der Waals surface area contributed by atoms with Crippen LogP contribution < -0.4 is 5.32 Å². The first-order chi connectivity index (χ1) is 11.6. The number of benzene rings is 1. The zero-order valence-electron chi connectivity index (χ0n) is 14.9. The number of aromatic nitrogens is 2. The number of phenolic OH excluding ortho intramolecular Hbond substituents is 1.